The highest BCUT2D eigenvalue weighted by Crippen LogP contribution is 2.34. The van der Waals surface area contributed by atoms with Crippen LogP contribution in [0.5, 0.6) is 0 Å². The van der Waals surface area contributed by atoms with E-state index in [1.807, 2.05) is 0 Å². The van der Waals surface area contributed by atoms with Crippen LogP contribution in [-0.4, -0.2) is 51.6 Å². The number of hydrogen-bond acceptors (Lipinski definition) is 4. The van der Waals surface area contributed by atoms with Gasteiger partial charge in [0.15, 0.2) is 5.69 Å². The summed E-state index contributed by atoms with van der Waals surface area (Å²) in [5.74, 6) is -0.00399. The van der Waals surface area contributed by atoms with E-state index in [-0.39, 0.29) is 29.2 Å². The first-order chi connectivity index (χ1) is 12.9. The normalized spacial score (nSPS) is 20.0. The summed E-state index contributed by atoms with van der Waals surface area (Å²) in [5, 5.41) is 7.61. The van der Waals surface area contributed by atoms with Gasteiger partial charge in [0, 0.05) is 25.1 Å². The minimum atomic E-state index is -4.52. The van der Waals surface area contributed by atoms with Crippen molar-refractivity contribution < 1.29 is 22.7 Å². The van der Waals surface area contributed by atoms with Gasteiger partial charge in [-0.05, 0) is 31.4 Å². The Morgan fingerprint density at radius 1 is 1.26 bits per heavy atom. The Kier molecular flexibility index (Phi) is 4.63. The van der Waals surface area contributed by atoms with E-state index >= 15 is 0 Å². The van der Waals surface area contributed by atoms with Crippen LogP contribution in [0.25, 0.3) is 5.69 Å². The molecule has 27 heavy (non-hydrogen) atoms. The standard InChI is InChI=1S/C18H19F3N4O2/c19-18(20,21)14-3-1-2-4-16(14)25-10-15(22-23-25)17(26)24(13-5-6-13)9-12-7-8-27-11-12/h1-4,10,12-13H,5-9,11H2. The van der Waals surface area contributed by atoms with Crippen molar-refractivity contribution in [1.82, 2.24) is 19.9 Å². The molecule has 1 aromatic heterocycles. The van der Waals surface area contributed by atoms with Crippen molar-refractivity contribution in [2.24, 2.45) is 5.92 Å². The number of rotatable bonds is 5. The molecule has 4 rings (SSSR count). The Bertz CT molecular complexity index is 826. The van der Waals surface area contributed by atoms with Gasteiger partial charge >= 0.3 is 6.18 Å². The van der Waals surface area contributed by atoms with E-state index in [0.717, 1.165) is 30.0 Å². The fraction of sp³-hybridized carbons (Fsp3) is 0.500. The van der Waals surface area contributed by atoms with Crippen molar-refractivity contribution in [3.05, 3.63) is 41.7 Å². The van der Waals surface area contributed by atoms with Gasteiger partial charge in [0.1, 0.15) is 0 Å². The quantitative estimate of drug-likeness (QED) is 0.800. The third kappa shape index (κ3) is 3.83. The van der Waals surface area contributed by atoms with Crippen molar-refractivity contribution in [3.63, 3.8) is 0 Å². The molecule has 2 aliphatic rings. The highest BCUT2D eigenvalue weighted by molar-refractivity contribution is 5.92. The molecule has 2 fully saturated rings. The topological polar surface area (TPSA) is 60.2 Å². The van der Waals surface area contributed by atoms with Gasteiger partial charge in [-0.2, -0.15) is 13.2 Å². The zero-order chi connectivity index (χ0) is 19.0. The number of carbonyl (C=O) groups is 1. The summed E-state index contributed by atoms with van der Waals surface area (Å²) in [6, 6.07) is 5.26. The summed E-state index contributed by atoms with van der Waals surface area (Å²) in [6.07, 6.45) is -0.473. The summed E-state index contributed by atoms with van der Waals surface area (Å²) in [7, 11) is 0. The van der Waals surface area contributed by atoms with Crippen LogP contribution < -0.4 is 0 Å². The molecule has 1 amide bonds. The van der Waals surface area contributed by atoms with Crippen molar-refractivity contribution in [1.29, 1.82) is 0 Å². The van der Waals surface area contributed by atoms with Crippen molar-refractivity contribution in [2.75, 3.05) is 19.8 Å². The number of alkyl halides is 3. The lowest BCUT2D eigenvalue weighted by Crippen LogP contribution is -2.37. The minimum Gasteiger partial charge on any atom is -0.381 e. The van der Waals surface area contributed by atoms with Gasteiger partial charge < -0.3 is 9.64 Å². The molecule has 2 aromatic rings. The third-order valence-corrected chi connectivity index (χ3v) is 4.90. The lowest BCUT2D eigenvalue weighted by Gasteiger charge is -2.24. The number of benzene rings is 1. The molecule has 0 N–H and O–H groups in total. The molecule has 0 spiro atoms. The van der Waals surface area contributed by atoms with Crippen molar-refractivity contribution >= 4 is 5.91 Å². The van der Waals surface area contributed by atoms with Crippen molar-refractivity contribution in [3.8, 4) is 5.69 Å². The highest BCUT2D eigenvalue weighted by atomic mass is 19.4. The van der Waals surface area contributed by atoms with Crippen LogP contribution in [0.15, 0.2) is 30.5 Å². The minimum absolute atomic E-state index is 0.0535. The van der Waals surface area contributed by atoms with Gasteiger partial charge in [0.2, 0.25) is 0 Å². The highest BCUT2D eigenvalue weighted by Gasteiger charge is 2.37. The molecule has 1 aromatic carbocycles. The molecule has 1 aliphatic heterocycles. The summed E-state index contributed by atoms with van der Waals surface area (Å²) in [6.45, 7) is 1.90. The van der Waals surface area contributed by atoms with Crippen LogP contribution >= 0.6 is 0 Å². The summed E-state index contributed by atoms with van der Waals surface area (Å²) < 4.78 is 46.0. The zero-order valence-electron chi connectivity index (χ0n) is 14.5. The molecule has 2 heterocycles. The van der Waals surface area contributed by atoms with E-state index in [0.29, 0.717) is 19.8 Å². The van der Waals surface area contributed by atoms with Gasteiger partial charge in [-0.25, -0.2) is 4.68 Å². The summed E-state index contributed by atoms with van der Waals surface area (Å²) in [4.78, 5) is 14.7. The van der Waals surface area contributed by atoms with Gasteiger partial charge in [-0.3, -0.25) is 4.79 Å². The fourth-order valence-corrected chi connectivity index (χ4v) is 3.33. The fourth-order valence-electron chi connectivity index (χ4n) is 3.33. The number of para-hydroxylation sites is 1. The van der Waals surface area contributed by atoms with Gasteiger partial charge in [-0.1, -0.05) is 17.3 Å². The first-order valence-corrected chi connectivity index (χ1v) is 8.91. The summed E-state index contributed by atoms with van der Waals surface area (Å²) in [5.41, 5.74) is -0.924. The second-order valence-electron chi connectivity index (χ2n) is 6.98. The molecule has 1 saturated carbocycles. The molecule has 1 atom stereocenters. The Labute approximate surface area is 153 Å². The largest absolute Gasteiger partial charge is 0.418 e. The number of amides is 1. The number of ether oxygens (including phenoxy) is 1. The van der Waals surface area contributed by atoms with E-state index in [1.165, 1.54) is 24.4 Å². The zero-order valence-corrected chi connectivity index (χ0v) is 14.5. The molecule has 0 radical (unpaired) electrons. The Hall–Kier alpha value is -2.42. The van der Waals surface area contributed by atoms with Crippen LogP contribution in [-0.2, 0) is 10.9 Å². The van der Waals surface area contributed by atoms with Crippen LogP contribution in [0.2, 0.25) is 0 Å². The molecule has 0 bridgehead atoms. The molecule has 1 aliphatic carbocycles. The molecule has 1 saturated heterocycles. The molecule has 6 nitrogen and oxygen atoms in total. The maximum Gasteiger partial charge on any atom is 0.418 e. The monoisotopic (exact) mass is 380 g/mol. The molecular weight excluding hydrogens is 361 g/mol. The van der Waals surface area contributed by atoms with Gasteiger partial charge in [-0.15, -0.1) is 5.10 Å². The number of hydrogen-bond donors (Lipinski definition) is 0. The second kappa shape index (κ2) is 6.95. The Balaban J connectivity index is 1.58. The van der Waals surface area contributed by atoms with Gasteiger partial charge in [0.25, 0.3) is 5.91 Å². The molecule has 1 unspecified atom stereocenters. The van der Waals surface area contributed by atoms with E-state index in [9.17, 15) is 18.0 Å². The first-order valence-electron chi connectivity index (χ1n) is 8.91. The number of aromatic nitrogens is 3. The molecule has 144 valence electrons. The smallest absolute Gasteiger partial charge is 0.381 e. The van der Waals surface area contributed by atoms with Crippen molar-refractivity contribution in [2.45, 2.75) is 31.5 Å². The molecule has 9 heteroatoms. The van der Waals surface area contributed by atoms with Gasteiger partial charge in [0.05, 0.1) is 24.1 Å². The second-order valence-corrected chi connectivity index (χ2v) is 6.98. The van der Waals surface area contributed by atoms with E-state index < -0.39 is 11.7 Å². The molecular formula is C18H19F3N4O2. The Morgan fingerprint density at radius 2 is 2.04 bits per heavy atom. The van der Waals surface area contributed by atoms with Crippen LogP contribution in [0.1, 0.15) is 35.3 Å². The maximum absolute atomic E-state index is 13.2. The van der Waals surface area contributed by atoms with Crippen LogP contribution in [0.3, 0.4) is 0 Å². The first kappa shape index (κ1) is 18.0. The maximum atomic E-state index is 13.2. The van der Waals surface area contributed by atoms with E-state index in [2.05, 4.69) is 10.3 Å². The third-order valence-electron chi connectivity index (χ3n) is 4.90. The van der Waals surface area contributed by atoms with E-state index in [1.54, 1.807) is 4.90 Å². The number of halogens is 3. The summed E-state index contributed by atoms with van der Waals surface area (Å²) >= 11 is 0. The predicted molar refractivity (Wildman–Crippen MR) is 89.3 cm³/mol. The number of nitrogens with zero attached hydrogens (tertiary/aromatic N) is 4. The van der Waals surface area contributed by atoms with Crippen LogP contribution in [0, 0.1) is 5.92 Å². The Morgan fingerprint density at radius 3 is 2.70 bits per heavy atom. The van der Waals surface area contributed by atoms with E-state index in [4.69, 9.17) is 4.74 Å². The number of carbonyl (C=O) groups excluding carboxylic acids is 1. The average molecular weight is 380 g/mol. The predicted octanol–water partition coefficient (Wildman–Crippen LogP) is 2.93. The average Bonchev–Trinajstić information content (AvgIpc) is 3.15. The lowest BCUT2D eigenvalue weighted by atomic mass is 10.1. The van der Waals surface area contributed by atoms with Crippen LogP contribution in [0.4, 0.5) is 13.2 Å². The lowest BCUT2D eigenvalue weighted by molar-refractivity contribution is -0.137. The SMILES string of the molecule is O=C(c1cn(-c2ccccc2C(F)(F)F)nn1)N(CC1CCOC1)C1CC1.